The molecule has 0 aliphatic rings. The van der Waals surface area contributed by atoms with Gasteiger partial charge in [0, 0.05) is 18.0 Å². The number of nitrogens with one attached hydrogen (secondary N) is 1. The second-order valence-corrected chi connectivity index (χ2v) is 6.12. The van der Waals surface area contributed by atoms with Crippen molar-refractivity contribution in [2.45, 2.75) is 13.8 Å². The van der Waals surface area contributed by atoms with Crippen molar-refractivity contribution < 1.29 is 4.79 Å². The van der Waals surface area contributed by atoms with Gasteiger partial charge in [0.05, 0.1) is 16.3 Å². The standard InChI is InChI=1S/C20H17ClN2O/c1-13-6-8-15(9-7-13)16-10-17(12-22-11-16)20(24)23-19-14(2)4-3-5-18(19)21/h3-12H,1-2H3,(H,23,24). The quantitative estimate of drug-likeness (QED) is 0.707. The molecule has 4 heteroatoms. The van der Waals surface area contributed by atoms with Gasteiger partial charge in [0.2, 0.25) is 0 Å². The number of pyridine rings is 1. The number of halogens is 1. The highest BCUT2D eigenvalue weighted by Gasteiger charge is 2.12. The minimum Gasteiger partial charge on any atom is -0.320 e. The summed E-state index contributed by atoms with van der Waals surface area (Å²) in [5.74, 6) is -0.229. The molecule has 3 rings (SSSR count). The monoisotopic (exact) mass is 336 g/mol. The Morgan fingerprint density at radius 2 is 1.75 bits per heavy atom. The number of nitrogens with zero attached hydrogens (tertiary/aromatic N) is 1. The van der Waals surface area contributed by atoms with Crippen molar-refractivity contribution in [3.63, 3.8) is 0 Å². The van der Waals surface area contributed by atoms with E-state index in [2.05, 4.69) is 10.3 Å². The number of anilines is 1. The molecule has 0 saturated carbocycles. The van der Waals surface area contributed by atoms with Gasteiger partial charge in [-0.05, 0) is 37.1 Å². The lowest BCUT2D eigenvalue weighted by molar-refractivity contribution is 0.102. The molecule has 1 aromatic heterocycles. The van der Waals surface area contributed by atoms with Gasteiger partial charge in [0.1, 0.15) is 0 Å². The van der Waals surface area contributed by atoms with Crippen molar-refractivity contribution >= 4 is 23.2 Å². The molecule has 3 aromatic rings. The van der Waals surface area contributed by atoms with Crippen molar-refractivity contribution in [2.75, 3.05) is 5.32 Å². The first kappa shape index (κ1) is 16.2. The SMILES string of the molecule is Cc1ccc(-c2cncc(C(=O)Nc3c(C)cccc3Cl)c2)cc1. The Labute approximate surface area is 146 Å². The Morgan fingerprint density at radius 3 is 2.46 bits per heavy atom. The molecule has 0 unspecified atom stereocenters. The second-order valence-electron chi connectivity index (χ2n) is 5.71. The van der Waals surface area contributed by atoms with Crippen LogP contribution in [0, 0.1) is 13.8 Å². The molecule has 1 N–H and O–H groups in total. The van der Waals surface area contributed by atoms with Gasteiger partial charge in [0.15, 0.2) is 0 Å². The van der Waals surface area contributed by atoms with Crippen LogP contribution in [0.3, 0.4) is 0 Å². The summed E-state index contributed by atoms with van der Waals surface area (Å²) in [7, 11) is 0. The van der Waals surface area contributed by atoms with Gasteiger partial charge < -0.3 is 5.32 Å². The summed E-state index contributed by atoms with van der Waals surface area (Å²) in [5.41, 5.74) is 5.15. The van der Waals surface area contributed by atoms with Crippen molar-refractivity contribution in [2.24, 2.45) is 0 Å². The maximum absolute atomic E-state index is 12.5. The molecular weight excluding hydrogens is 320 g/mol. The number of carbonyl (C=O) groups excluding carboxylic acids is 1. The Hall–Kier alpha value is -2.65. The van der Waals surface area contributed by atoms with Crippen LogP contribution in [-0.4, -0.2) is 10.9 Å². The molecule has 0 atom stereocenters. The predicted molar refractivity (Wildman–Crippen MR) is 98.6 cm³/mol. The van der Waals surface area contributed by atoms with Crippen LogP contribution >= 0.6 is 11.6 Å². The lowest BCUT2D eigenvalue weighted by Crippen LogP contribution is -2.13. The maximum atomic E-state index is 12.5. The van der Waals surface area contributed by atoms with E-state index in [1.165, 1.54) is 5.56 Å². The van der Waals surface area contributed by atoms with Gasteiger partial charge in [-0.1, -0.05) is 53.6 Å². The van der Waals surface area contributed by atoms with Crippen LogP contribution in [0.5, 0.6) is 0 Å². The van der Waals surface area contributed by atoms with Crippen LogP contribution < -0.4 is 5.32 Å². The van der Waals surface area contributed by atoms with Gasteiger partial charge in [-0.2, -0.15) is 0 Å². The largest absolute Gasteiger partial charge is 0.320 e. The minimum atomic E-state index is -0.229. The molecule has 0 radical (unpaired) electrons. The zero-order valence-electron chi connectivity index (χ0n) is 13.5. The lowest BCUT2D eigenvalue weighted by Gasteiger charge is -2.11. The molecule has 1 amide bonds. The van der Waals surface area contributed by atoms with Crippen LogP contribution in [0.25, 0.3) is 11.1 Å². The Bertz CT molecular complexity index is 868. The third-order valence-corrected chi connectivity index (χ3v) is 4.16. The molecule has 1 heterocycles. The highest BCUT2D eigenvalue weighted by Crippen LogP contribution is 2.26. The number of amides is 1. The van der Waals surface area contributed by atoms with Crippen molar-refractivity contribution in [3.05, 3.63) is 82.6 Å². The fourth-order valence-corrected chi connectivity index (χ4v) is 2.71. The molecule has 120 valence electrons. The number of aryl methyl sites for hydroxylation is 2. The van der Waals surface area contributed by atoms with Crippen molar-refractivity contribution in [3.8, 4) is 11.1 Å². The number of carbonyl (C=O) groups is 1. The van der Waals surface area contributed by atoms with Gasteiger partial charge >= 0.3 is 0 Å². The summed E-state index contributed by atoms with van der Waals surface area (Å²) >= 11 is 6.17. The van der Waals surface area contributed by atoms with E-state index in [1.807, 2.05) is 56.3 Å². The van der Waals surface area contributed by atoms with Crippen molar-refractivity contribution in [1.29, 1.82) is 0 Å². The first-order valence-electron chi connectivity index (χ1n) is 7.63. The normalized spacial score (nSPS) is 10.5. The fraction of sp³-hybridized carbons (Fsp3) is 0.100. The molecule has 0 bridgehead atoms. The zero-order chi connectivity index (χ0) is 17.1. The molecule has 2 aromatic carbocycles. The lowest BCUT2D eigenvalue weighted by atomic mass is 10.0. The van der Waals surface area contributed by atoms with E-state index < -0.39 is 0 Å². The van der Waals surface area contributed by atoms with Gasteiger partial charge in [-0.25, -0.2) is 0 Å². The molecule has 0 saturated heterocycles. The summed E-state index contributed by atoms with van der Waals surface area (Å²) in [6.45, 7) is 3.94. The molecule has 0 fully saturated rings. The van der Waals surface area contributed by atoms with Crippen LogP contribution in [0.1, 0.15) is 21.5 Å². The van der Waals surface area contributed by atoms with Crippen LogP contribution in [0.2, 0.25) is 5.02 Å². The van der Waals surface area contributed by atoms with Crippen LogP contribution in [0.15, 0.2) is 60.9 Å². The van der Waals surface area contributed by atoms with E-state index >= 15 is 0 Å². The number of benzene rings is 2. The van der Waals surface area contributed by atoms with Crippen LogP contribution in [-0.2, 0) is 0 Å². The van der Waals surface area contributed by atoms with E-state index in [1.54, 1.807) is 18.5 Å². The molecule has 0 aliphatic heterocycles. The second kappa shape index (κ2) is 6.85. The van der Waals surface area contributed by atoms with E-state index in [9.17, 15) is 4.79 Å². The molecule has 0 aliphatic carbocycles. The Morgan fingerprint density at radius 1 is 1.00 bits per heavy atom. The highest BCUT2D eigenvalue weighted by atomic mass is 35.5. The average molecular weight is 337 g/mol. The molecule has 3 nitrogen and oxygen atoms in total. The average Bonchev–Trinajstić information content (AvgIpc) is 2.59. The van der Waals surface area contributed by atoms with Crippen LogP contribution in [0.4, 0.5) is 5.69 Å². The van der Waals surface area contributed by atoms with E-state index in [-0.39, 0.29) is 5.91 Å². The van der Waals surface area contributed by atoms with Gasteiger partial charge in [0.25, 0.3) is 5.91 Å². The Kier molecular flexibility index (Phi) is 4.63. The van der Waals surface area contributed by atoms with Gasteiger partial charge in [-0.3, -0.25) is 9.78 Å². The summed E-state index contributed by atoms with van der Waals surface area (Å²) in [6, 6.07) is 15.5. The molecule has 0 spiro atoms. The Balaban J connectivity index is 1.88. The third-order valence-electron chi connectivity index (χ3n) is 3.85. The summed E-state index contributed by atoms with van der Waals surface area (Å²) in [6.07, 6.45) is 3.31. The topological polar surface area (TPSA) is 42.0 Å². The highest BCUT2D eigenvalue weighted by molar-refractivity contribution is 6.34. The smallest absolute Gasteiger partial charge is 0.257 e. The zero-order valence-corrected chi connectivity index (χ0v) is 14.3. The van der Waals surface area contributed by atoms with E-state index in [0.29, 0.717) is 16.3 Å². The minimum absolute atomic E-state index is 0.229. The van der Waals surface area contributed by atoms with Gasteiger partial charge in [-0.15, -0.1) is 0 Å². The predicted octanol–water partition coefficient (Wildman–Crippen LogP) is 5.27. The summed E-state index contributed by atoms with van der Waals surface area (Å²) in [5, 5.41) is 3.39. The first-order valence-corrected chi connectivity index (χ1v) is 8.01. The molecular formula is C20H17ClN2O. The summed E-state index contributed by atoms with van der Waals surface area (Å²) in [4.78, 5) is 16.7. The third kappa shape index (κ3) is 3.47. The fourth-order valence-electron chi connectivity index (χ4n) is 2.44. The number of para-hydroxylation sites is 1. The number of rotatable bonds is 3. The number of aromatic nitrogens is 1. The summed E-state index contributed by atoms with van der Waals surface area (Å²) < 4.78 is 0. The van der Waals surface area contributed by atoms with Crippen molar-refractivity contribution in [1.82, 2.24) is 4.98 Å². The van der Waals surface area contributed by atoms with E-state index in [4.69, 9.17) is 11.6 Å². The number of hydrogen-bond donors (Lipinski definition) is 1. The first-order chi connectivity index (χ1) is 11.5. The maximum Gasteiger partial charge on any atom is 0.257 e. The molecule has 24 heavy (non-hydrogen) atoms. The van der Waals surface area contributed by atoms with E-state index in [0.717, 1.165) is 16.7 Å². The number of hydrogen-bond acceptors (Lipinski definition) is 2.